The number of nitrogens with one attached hydrogen (secondary N) is 2. The van der Waals surface area contributed by atoms with E-state index in [4.69, 9.17) is 0 Å². The smallest absolute Gasteiger partial charge is 0.261 e. The van der Waals surface area contributed by atoms with Crippen LogP contribution in [-0.4, -0.2) is 16.8 Å². The standard InChI is InChI=1S/C18H12Br4N2O4S2/c19-15-6-4-13(9-17(15)21)29(25,26)23-11-2-1-3-12(8-11)24-30(27,28)14-5-7-16(20)18(22)10-14/h1-10,23-24H. The number of benzene rings is 3. The molecule has 0 aliphatic rings. The van der Waals surface area contributed by atoms with E-state index in [9.17, 15) is 16.8 Å². The molecule has 0 saturated carbocycles. The van der Waals surface area contributed by atoms with Crippen LogP contribution in [-0.2, 0) is 20.0 Å². The van der Waals surface area contributed by atoms with Crippen molar-refractivity contribution in [2.45, 2.75) is 9.79 Å². The third-order valence-corrected chi connectivity index (χ3v) is 10.3. The molecule has 0 radical (unpaired) electrons. The average molecular weight is 704 g/mol. The van der Waals surface area contributed by atoms with Gasteiger partial charge < -0.3 is 0 Å². The maximum absolute atomic E-state index is 12.7. The summed E-state index contributed by atoms with van der Waals surface area (Å²) in [7, 11) is -7.73. The number of halogens is 4. The molecule has 3 aromatic carbocycles. The molecule has 0 atom stereocenters. The molecule has 0 aliphatic carbocycles. The molecule has 0 amide bonds. The van der Waals surface area contributed by atoms with E-state index in [0.29, 0.717) is 8.95 Å². The molecule has 3 aromatic rings. The average Bonchev–Trinajstić information content (AvgIpc) is 2.65. The molecule has 0 fully saturated rings. The van der Waals surface area contributed by atoms with E-state index in [1.807, 2.05) is 0 Å². The molecule has 0 spiro atoms. The minimum atomic E-state index is -3.87. The van der Waals surface area contributed by atoms with Crippen molar-refractivity contribution in [2.75, 3.05) is 9.44 Å². The highest BCUT2D eigenvalue weighted by Crippen LogP contribution is 2.29. The molecule has 2 N–H and O–H groups in total. The fraction of sp³-hybridized carbons (Fsp3) is 0. The third-order valence-electron chi connectivity index (χ3n) is 3.77. The summed E-state index contributed by atoms with van der Waals surface area (Å²) in [4.78, 5) is 0.117. The van der Waals surface area contributed by atoms with Gasteiger partial charge in [-0.1, -0.05) is 6.07 Å². The lowest BCUT2D eigenvalue weighted by atomic mass is 10.3. The van der Waals surface area contributed by atoms with Crippen LogP contribution in [0.4, 0.5) is 11.4 Å². The maximum Gasteiger partial charge on any atom is 0.261 e. The first-order valence-corrected chi connectivity index (χ1v) is 14.2. The molecule has 0 bridgehead atoms. The van der Waals surface area contributed by atoms with Gasteiger partial charge in [-0.3, -0.25) is 9.44 Å². The number of hydrogen-bond acceptors (Lipinski definition) is 4. The fourth-order valence-corrected chi connectivity index (χ4v) is 6.07. The van der Waals surface area contributed by atoms with Crippen LogP contribution >= 0.6 is 63.7 Å². The molecule has 6 nitrogen and oxygen atoms in total. The highest BCUT2D eigenvalue weighted by molar-refractivity contribution is 9.13. The van der Waals surface area contributed by atoms with E-state index >= 15 is 0 Å². The van der Waals surface area contributed by atoms with Crippen molar-refractivity contribution in [1.82, 2.24) is 0 Å². The Labute approximate surface area is 208 Å². The first-order chi connectivity index (χ1) is 14.0. The minimum absolute atomic E-state index is 0.0586. The lowest BCUT2D eigenvalue weighted by Gasteiger charge is -2.12. The normalized spacial score (nSPS) is 11.9. The zero-order valence-electron chi connectivity index (χ0n) is 14.7. The molecule has 158 valence electrons. The van der Waals surface area contributed by atoms with Gasteiger partial charge in [-0.2, -0.15) is 0 Å². The Morgan fingerprint density at radius 1 is 0.533 bits per heavy atom. The zero-order chi connectivity index (χ0) is 22.1. The van der Waals surface area contributed by atoms with Crippen LogP contribution in [0.2, 0.25) is 0 Å². The quantitative estimate of drug-likeness (QED) is 0.314. The second-order valence-electron chi connectivity index (χ2n) is 5.94. The van der Waals surface area contributed by atoms with Crippen molar-refractivity contribution < 1.29 is 16.8 Å². The molecule has 0 saturated heterocycles. The molecule has 30 heavy (non-hydrogen) atoms. The van der Waals surface area contributed by atoms with Crippen LogP contribution in [0.3, 0.4) is 0 Å². The Hall–Kier alpha value is -0.920. The summed E-state index contributed by atoms with van der Waals surface area (Å²) in [5, 5.41) is 0. The third kappa shape index (κ3) is 5.65. The lowest BCUT2D eigenvalue weighted by Crippen LogP contribution is -2.15. The van der Waals surface area contributed by atoms with Crippen LogP contribution in [0.1, 0.15) is 0 Å². The van der Waals surface area contributed by atoms with Gasteiger partial charge in [0.25, 0.3) is 20.0 Å². The highest BCUT2D eigenvalue weighted by atomic mass is 79.9. The van der Waals surface area contributed by atoms with Gasteiger partial charge >= 0.3 is 0 Å². The number of hydrogen-bond donors (Lipinski definition) is 2. The Morgan fingerprint density at radius 2 is 0.933 bits per heavy atom. The second-order valence-corrected chi connectivity index (χ2v) is 12.7. The number of rotatable bonds is 6. The molecule has 3 rings (SSSR count). The highest BCUT2D eigenvalue weighted by Gasteiger charge is 2.18. The first-order valence-electron chi connectivity index (χ1n) is 8.04. The van der Waals surface area contributed by atoms with Crippen LogP contribution < -0.4 is 9.44 Å². The van der Waals surface area contributed by atoms with Crippen LogP contribution in [0.5, 0.6) is 0 Å². The van der Waals surface area contributed by atoms with Crippen LogP contribution in [0.15, 0.2) is 88.3 Å². The second kappa shape index (κ2) is 9.29. The van der Waals surface area contributed by atoms with Gasteiger partial charge in [-0.15, -0.1) is 0 Å². The summed E-state index contributed by atoms with van der Waals surface area (Å²) in [5.74, 6) is 0. The molecular weight excluding hydrogens is 692 g/mol. The molecule has 0 unspecified atom stereocenters. The summed E-state index contributed by atoms with van der Waals surface area (Å²) in [6.45, 7) is 0. The van der Waals surface area contributed by atoms with Gasteiger partial charge in [0.05, 0.1) is 21.2 Å². The summed E-state index contributed by atoms with van der Waals surface area (Å²) in [5.41, 5.74) is 0.428. The van der Waals surface area contributed by atoms with E-state index in [-0.39, 0.29) is 21.2 Å². The molecule has 12 heteroatoms. The number of sulfonamides is 2. The SMILES string of the molecule is O=S(=O)(Nc1cccc(NS(=O)(=O)c2ccc(Br)c(Br)c2)c1)c1ccc(Br)c(Br)c1. The Kier molecular flexibility index (Phi) is 7.35. The largest absolute Gasteiger partial charge is 0.280 e. The van der Waals surface area contributed by atoms with Crippen LogP contribution in [0.25, 0.3) is 0 Å². The maximum atomic E-state index is 12.7. The van der Waals surface area contributed by atoms with E-state index in [2.05, 4.69) is 73.2 Å². The number of anilines is 2. The summed E-state index contributed by atoms with van der Waals surface area (Å²) < 4.78 is 58.2. The van der Waals surface area contributed by atoms with Crippen LogP contribution in [0, 0.1) is 0 Å². The van der Waals surface area contributed by atoms with Crippen molar-refractivity contribution >= 4 is 95.1 Å². The Balaban J connectivity index is 1.85. The topological polar surface area (TPSA) is 92.3 Å². The molecule has 0 aliphatic heterocycles. The predicted octanol–water partition coefficient (Wildman–Crippen LogP) is 6.34. The van der Waals surface area contributed by atoms with Gasteiger partial charge in [0, 0.05) is 17.9 Å². The fourth-order valence-electron chi connectivity index (χ4n) is 2.36. The van der Waals surface area contributed by atoms with E-state index in [1.165, 1.54) is 42.5 Å². The van der Waals surface area contributed by atoms with E-state index in [0.717, 1.165) is 8.95 Å². The molecular formula is C18H12Br4N2O4S2. The van der Waals surface area contributed by atoms with Gasteiger partial charge in [0.2, 0.25) is 0 Å². The van der Waals surface area contributed by atoms with Gasteiger partial charge in [-0.25, -0.2) is 16.8 Å². The Morgan fingerprint density at radius 3 is 1.30 bits per heavy atom. The predicted molar refractivity (Wildman–Crippen MR) is 132 cm³/mol. The molecule has 0 heterocycles. The monoisotopic (exact) mass is 700 g/mol. The lowest BCUT2D eigenvalue weighted by molar-refractivity contribution is 0.599. The zero-order valence-corrected chi connectivity index (χ0v) is 22.7. The van der Waals surface area contributed by atoms with Crippen molar-refractivity contribution in [3.63, 3.8) is 0 Å². The van der Waals surface area contributed by atoms with Crippen molar-refractivity contribution in [1.29, 1.82) is 0 Å². The summed E-state index contributed by atoms with van der Waals surface area (Å²) in [6.07, 6.45) is 0. The van der Waals surface area contributed by atoms with Crippen molar-refractivity contribution in [3.05, 3.63) is 78.6 Å². The van der Waals surface area contributed by atoms with Gasteiger partial charge in [-0.05, 0) is 118 Å². The van der Waals surface area contributed by atoms with E-state index in [1.54, 1.807) is 18.2 Å². The molecule has 0 aromatic heterocycles. The minimum Gasteiger partial charge on any atom is -0.280 e. The van der Waals surface area contributed by atoms with Crippen molar-refractivity contribution in [3.8, 4) is 0 Å². The van der Waals surface area contributed by atoms with Crippen molar-refractivity contribution in [2.24, 2.45) is 0 Å². The summed E-state index contributed by atoms with van der Waals surface area (Å²) >= 11 is 13.1. The van der Waals surface area contributed by atoms with E-state index < -0.39 is 20.0 Å². The first kappa shape index (κ1) is 23.7. The summed E-state index contributed by atoms with van der Waals surface area (Å²) in [6, 6.07) is 15.1. The van der Waals surface area contributed by atoms with Gasteiger partial charge in [0.1, 0.15) is 0 Å². The Bertz CT molecular complexity index is 1230. The van der Waals surface area contributed by atoms with Gasteiger partial charge in [0.15, 0.2) is 0 Å².